The fraction of sp³-hybridized carbons (Fsp3) is 0.632. The summed E-state index contributed by atoms with van der Waals surface area (Å²) < 4.78 is 0. The van der Waals surface area contributed by atoms with Crippen molar-refractivity contribution in [1.29, 1.82) is 0 Å². The maximum absolute atomic E-state index is 12.6. The molecule has 4 nitrogen and oxygen atoms in total. The number of carbonyl (C=O) groups is 1. The summed E-state index contributed by atoms with van der Waals surface area (Å²) in [5.74, 6) is 1.14. The first-order valence-corrected chi connectivity index (χ1v) is 8.70. The summed E-state index contributed by atoms with van der Waals surface area (Å²) in [7, 11) is 4.19. The Morgan fingerprint density at radius 3 is 2.61 bits per heavy atom. The first kappa shape index (κ1) is 17.8. The van der Waals surface area contributed by atoms with Gasteiger partial charge in [-0.2, -0.15) is 0 Å². The number of benzene rings is 1. The smallest absolute Gasteiger partial charge is 0.317 e. The van der Waals surface area contributed by atoms with E-state index < -0.39 is 0 Å². The van der Waals surface area contributed by atoms with Crippen molar-refractivity contribution in [2.45, 2.75) is 32.7 Å². The summed E-state index contributed by atoms with van der Waals surface area (Å²) in [5.41, 5.74) is 1.19. The van der Waals surface area contributed by atoms with Crippen LogP contribution in [0.15, 0.2) is 30.3 Å². The van der Waals surface area contributed by atoms with E-state index in [-0.39, 0.29) is 12.1 Å². The molecule has 1 heterocycles. The van der Waals surface area contributed by atoms with Crippen LogP contribution in [0.1, 0.15) is 38.3 Å². The number of nitrogens with zero attached hydrogens (tertiary/aromatic N) is 2. The second kappa shape index (κ2) is 8.34. The Bertz CT molecular complexity index is 487. The van der Waals surface area contributed by atoms with Gasteiger partial charge in [-0.15, -0.1) is 0 Å². The average Bonchev–Trinajstić information content (AvgIpc) is 2.95. The van der Waals surface area contributed by atoms with Gasteiger partial charge in [0.15, 0.2) is 0 Å². The van der Waals surface area contributed by atoms with Crippen LogP contribution in [0.4, 0.5) is 4.79 Å². The van der Waals surface area contributed by atoms with Crippen molar-refractivity contribution in [3.8, 4) is 0 Å². The quantitative estimate of drug-likeness (QED) is 0.873. The molecule has 4 heteroatoms. The predicted molar refractivity (Wildman–Crippen MR) is 95.4 cm³/mol. The molecule has 1 fully saturated rings. The molecule has 0 radical (unpaired) electrons. The number of urea groups is 1. The van der Waals surface area contributed by atoms with Gasteiger partial charge in [0.05, 0.1) is 6.04 Å². The van der Waals surface area contributed by atoms with E-state index in [1.54, 1.807) is 0 Å². The molecule has 0 saturated carbocycles. The maximum Gasteiger partial charge on any atom is 0.317 e. The number of carbonyl (C=O) groups excluding carboxylic acids is 1. The van der Waals surface area contributed by atoms with Gasteiger partial charge in [-0.1, -0.05) is 44.2 Å². The van der Waals surface area contributed by atoms with Gasteiger partial charge in [0.1, 0.15) is 0 Å². The highest BCUT2D eigenvalue weighted by molar-refractivity contribution is 5.75. The van der Waals surface area contributed by atoms with E-state index in [0.29, 0.717) is 11.8 Å². The van der Waals surface area contributed by atoms with Gasteiger partial charge in [-0.3, -0.25) is 0 Å². The molecule has 0 spiro atoms. The summed E-state index contributed by atoms with van der Waals surface area (Å²) in [5, 5.41) is 3.25. The van der Waals surface area contributed by atoms with Crippen LogP contribution in [0, 0.1) is 11.8 Å². The molecule has 128 valence electrons. The zero-order chi connectivity index (χ0) is 16.8. The fourth-order valence-corrected chi connectivity index (χ4v) is 3.36. The molecule has 2 amide bonds. The van der Waals surface area contributed by atoms with Crippen molar-refractivity contribution >= 4 is 6.03 Å². The molecule has 1 aliphatic rings. The number of rotatable bonds is 6. The fourth-order valence-electron chi connectivity index (χ4n) is 3.36. The lowest BCUT2D eigenvalue weighted by molar-refractivity contribution is 0.199. The van der Waals surface area contributed by atoms with E-state index in [9.17, 15) is 4.79 Å². The summed E-state index contributed by atoms with van der Waals surface area (Å²) in [4.78, 5) is 16.8. The Hall–Kier alpha value is -1.55. The van der Waals surface area contributed by atoms with E-state index in [0.717, 1.165) is 32.5 Å². The van der Waals surface area contributed by atoms with Crippen molar-refractivity contribution in [2.24, 2.45) is 11.8 Å². The largest absolute Gasteiger partial charge is 0.331 e. The highest BCUT2D eigenvalue weighted by atomic mass is 16.2. The first-order valence-electron chi connectivity index (χ1n) is 8.70. The van der Waals surface area contributed by atoms with E-state index in [1.165, 1.54) is 5.56 Å². The first-order chi connectivity index (χ1) is 11.0. The Labute approximate surface area is 140 Å². The third-order valence-electron chi connectivity index (χ3n) is 4.40. The van der Waals surface area contributed by atoms with Crippen LogP contribution in [-0.4, -0.2) is 49.6 Å². The van der Waals surface area contributed by atoms with Crippen molar-refractivity contribution in [3.63, 3.8) is 0 Å². The monoisotopic (exact) mass is 317 g/mol. The van der Waals surface area contributed by atoms with Gasteiger partial charge in [0.2, 0.25) is 0 Å². The van der Waals surface area contributed by atoms with Crippen molar-refractivity contribution in [3.05, 3.63) is 35.9 Å². The topological polar surface area (TPSA) is 35.6 Å². The van der Waals surface area contributed by atoms with Crippen LogP contribution < -0.4 is 5.32 Å². The standard InChI is InChI=1S/C19H31N3O/c1-15(2)12-18(17-8-6-5-7-9-17)20-19(23)22-11-10-16(14-22)13-21(3)4/h5-9,15-16,18H,10-14H2,1-4H3,(H,20,23)/t16-,18-/m0/s1. The summed E-state index contributed by atoms with van der Waals surface area (Å²) in [6.07, 6.45) is 2.07. The second-order valence-electron chi connectivity index (χ2n) is 7.41. The molecule has 1 N–H and O–H groups in total. The van der Waals surface area contributed by atoms with Gasteiger partial charge >= 0.3 is 6.03 Å². The van der Waals surface area contributed by atoms with Crippen LogP contribution in [0.25, 0.3) is 0 Å². The maximum atomic E-state index is 12.6. The minimum Gasteiger partial charge on any atom is -0.331 e. The van der Waals surface area contributed by atoms with Gasteiger partial charge in [-0.25, -0.2) is 4.79 Å². The normalized spacial score (nSPS) is 19.4. The van der Waals surface area contributed by atoms with Crippen molar-refractivity contribution in [2.75, 3.05) is 33.7 Å². The lowest BCUT2D eigenvalue weighted by Gasteiger charge is -2.25. The molecule has 0 unspecified atom stereocenters. The summed E-state index contributed by atoms with van der Waals surface area (Å²) in [6, 6.07) is 10.5. The average molecular weight is 317 g/mol. The van der Waals surface area contributed by atoms with Crippen LogP contribution in [-0.2, 0) is 0 Å². The highest BCUT2D eigenvalue weighted by Crippen LogP contribution is 2.23. The van der Waals surface area contributed by atoms with Crippen molar-refractivity contribution in [1.82, 2.24) is 15.1 Å². The Morgan fingerprint density at radius 1 is 1.30 bits per heavy atom. The highest BCUT2D eigenvalue weighted by Gasteiger charge is 2.28. The van der Waals surface area contributed by atoms with Gasteiger partial charge in [-0.05, 0) is 44.3 Å². The SMILES string of the molecule is CC(C)C[C@H](NC(=O)N1CC[C@@H](CN(C)C)C1)c1ccccc1. The number of nitrogens with one attached hydrogen (secondary N) is 1. The third-order valence-corrected chi connectivity index (χ3v) is 4.40. The minimum atomic E-state index is 0.0840. The number of amides is 2. The molecular weight excluding hydrogens is 286 g/mol. The summed E-state index contributed by atoms with van der Waals surface area (Å²) >= 11 is 0. The molecule has 0 aliphatic carbocycles. The molecule has 23 heavy (non-hydrogen) atoms. The van der Waals surface area contributed by atoms with E-state index in [1.807, 2.05) is 23.1 Å². The molecule has 1 aromatic carbocycles. The lowest BCUT2D eigenvalue weighted by atomic mass is 9.97. The Balaban J connectivity index is 1.95. The van der Waals surface area contributed by atoms with Gasteiger partial charge in [0, 0.05) is 19.6 Å². The molecule has 1 aromatic rings. The van der Waals surface area contributed by atoms with Crippen LogP contribution in [0.2, 0.25) is 0 Å². The second-order valence-corrected chi connectivity index (χ2v) is 7.41. The minimum absolute atomic E-state index is 0.0840. The van der Waals surface area contributed by atoms with Crippen molar-refractivity contribution < 1.29 is 4.79 Å². The van der Waals surface area contributed by atoms with Crippen LogP contribution >= 0.6 is 0 Å². The van der Waals surface area contributed by atoms with E-state index in [2.05, 4.69) is 50.3 Å². The number of likely N-dealkylation sites (tertiary alicyclic amines) is 1. The molecule has 1 aliphatic heterocycles. The van der Waals surface area contributed by atoms with Crippen LogP contribution in [0.3, 0.4) is 0 Å². The molecule has 2 rings (SSSR count). The number of hydrogen-bond acceptors (Lipinski definition) is 2. The van der Waals surface area contributed by atoms with E-state index in [4.69, 9.17) is 0 Å². The van der Waals surface area contributed by atoms with Gasteiger partial charge < -0.3 is 15.1 Å². The molecule has 2 atom stereocenters. The molecule has 0 aromatic heterocycles. The Morgan fingerprint density at radius 2 is 2.00 bits per heavy atom. The molecule has 0 bridgehead atoms. The van der Waals surface area contributed by atoms with Crippen LogP contribution in [0.5, 0.6) is 0 Å². The predicted octanol–water partition coefficient (Wildman–Crippen LogP) is 3.37. The Kier molecular flexibility index (Phi) is 6.46. The lowest BCUT2D eigenvalue weighted by Crippen LogP contribution is -2.41. The molecular formula is C19H31N3O. The zero-order valence-electron chi connectivity index (χ0n) is 15.0. The van der Waals surface area contributed by atoms with E-state index >= 15 is 0 Å². The van der Waals surface area contributed by atoms with Gasteiger partial charge in [0.25, 0.3) is 0 Å². The number of hydrogen-bond donors (Lipinski definition) is 1. The zero-order valence-corrected chi connectivity index (χ0v) is 15.0. The molecule has 1 saturated heterocycles. The summed E-state index contributed by atoms with van der Waals surface area (Å²) in [6.45, 7) is 7.19. The third kappa shape index (κ3) is 5.54.